The Kier molecular flexibility index (Phi) is 5.09. The van der Waals surface area contributed by atoms with Crippen molar-refractivity contribution in [2.75, 3.05) is 10.0 Å². The number of aryl methyl sites for hydroxylation is 3. The summed E-state index contributed by atoms with van der Waals surface area (Å²) in [6.07, 6.45) is 5.44. The van der Waals surface area contributed by atoms with Gasteiger partial charge in [0.25, 0.3) is 10.0 Å². The molecule has 0 aromatic heterocycles. The van der Waals surface area contributed by atoms with Gasteiger partial charge < -0.3 is 5.32 Å². The molecule has 0 unspecified atom stereocenters. The molecule has 4 nitrogen and oxygen atoms in total. The van der Waals surface area contributed by atoms with Crippen molar-refractivity contribution in [3.63, 3.8) is 0 Å². The molecule has 1 aliphatic carbocycles. The molecule has 0 saturated heterocycles. The minimum Gasteiger partial charge on any atom is -0.378 e. The summed E-state index contributed by atoms with van der Waals surface area (Å²) in [7, 11) is -3.68. The van der Waals surface area contributed by atoms with Crippen molar-refractivity contribution in [1.82, 2.24) is 0 Å². The third-order valence-corrected chi connectivity index (χ3v) is 8.07. The Labute approximate surface area is 190 Å². The van der Waals surface area contributed by atoms with E-state index in [1.807, 2.05) is 44.2 Å². The second-order valence-corrected chi connectivity index (χ2v) is 10.7. The SMILES string of the molecule is Cc1ccc([C@@H]2Nc3ccc(S(=O)(=O)Nc4ccc(C)cc4C)cc3[C@H]3C=CC[C@H]32)cc1. The van der Waals surface area contributed by atoms with Gasteiger partial charge in [-0.25, -0.2) is 8.42 Å². The Morgan fingerprint density at radius 1 is 0.906 bits per heavy atom. The molecule has 0 radical (unpaired) electrons. The molecule has 164 valence electrons. The first-order chi connectivity index (χ1) is 15.3. The van der Waals surface area contributed by atoms with Crippen LogP contribution in [-0.4, -0.2) is 8.42 Å². The fourth-order valence-electron chi connectivity index (χ4n) is 4.98. The van der Waals surface area contributed by atoms with Gasteiger partial charge >= 0.3 is 0 Å². The molecule has 0 saturated carbocycles. The van der Waals surface area contributed by atoms with Crippen LogP contribution < -0.4 is 10.0 Å². The summed E-state index contributed by atoms with van der Waals surface area (Å²) >= 11 is 0. The van der Waals surface area contributed by atoms with Crippen LogP contribution in [0.3, 0.4) is 0 Å². The summed E-state index contributed by atoms with van der Waals surface area (Å²) in [6.45, 7) is 6.01. The first-order valence-electron chi connectivity index (χ1n) is 11.1. The van der Waals surface area contributed by atoms with Crippen LogP contribution in [0.15, 0.2) is 77.7 Å². The summed E-state index contributed by atoms with van der Waals surface area (Å²) in [6, 6.07) is 20.1. The number of anilines is 2. The highest BCUT2D eigenvalue weighted by molar-refractivity contribution is 7.92. The summed E-state index contributed by atoms with van der Waals surface area (Å²) in [5.74, 6) is 0.573. The molecule has 5 rings (SSSR count). The zero-order valence-electron chi connectivity index (χ0n) is 18.6. The number of fused-ring (bicyclic) bond motifs is 3. The Balaban J connectivity index is 1.49. The first-order valence-corrected chi connectivity index (χ1v) is 12.5. The number of allylic oxidation sites excluding steroid dienone is 2. The van der Waals surface area contributed by atoms with E-state index >= 15 is 0 Å². The molecule has 3 aromatic carbocycles. The van der Waals surface area contributed by atoms with E-state index in [1.54, 1.807) is 6.07 Å². The zero-order valence-corrected chi connectivity index (χ0v) is 19.4. The van der Waals surface area contributed by atoms with E-state index in [2.05, 4.69) is 53.4 Å². The highest BCUT2D eigenvalue weighted by Crippen LogP contribution is 2.50. The van der Waals surface area contributed by atoms with Crippen molar-refractivity contribution in [1.29, 1.82) is 0 Å². The van der Waals surface area contributed by atoms with E-state index < -0.39 is 10.0 Å². The Morgan fingerprint density at radius 3 is 2.41 bits per heavy atom. The Morgan fingerprint density at radius 2 is 1.66 bits per heavy atom. The molecule has 5 heteroatoms. The third-order valence-electron chi connectivity index (χ3n) is 6.71. The van der Waals surface area contributed by atoms with Gasteiger partial charge in [-0.3, -0.25) is 4.72 Å². The fraction of sp³-hybridized carbons (Fsp3) is 0.259. The van der Waals surface area contributed by atoms with Gasteiger partial charge in [-0.2, -0.15) is 0 Å². The topological polar surface area (TPSA) is 58.2 Å². The molecular weight excluding hydrogens is 416 g/mol. The number of benzene rings is 3. The van der Waals surface area contributed by atoms with Gasteiger partial charge in [-0.15, -0.1) is 0 Å². The second kappa shape index (κ2) is 7.82. The highest BCUT2D eigenvalue weighted by atomic mass is 32.2. The number of hydrogen-bond donors (Lipinski definition) is 2. The lowest BCUT2D eigenvalue weighted by molar-refractivity contribution is 0.425. The molecular formula is C27H28N2O2S. The monoisotopic (exact) mass is 444 g/mol. The van der Waals surface area contributed by atoms with Gasteiger partial charge in [-0.1, -0.05) is 59.7 Å². The van der Waals surface area contributed by atoms with Crippen molar-refractivity contribution in [3.05, 3.63) is 101 Å². The van der Waals surface area contributed by atoms with Crippen molar-refractivity contribution in [2.45, 2.75) is 44.0 Å². The highest BCUT2D eigenvalue weighted by Gasteiger charge is 2.38. The molecule has 2 N–H and O–H groups in total. The molecule has 2 aliphatic rings. The van der Waals surface area contributed by atoms with Crippen molar-refractivity contribution in [3.8, 4) is 0 Å². The molecule has 0 fully saturated rings. The minimum absolute atomic E-state index is 0.203. The predicted molar refractivity (Wildman–Crippen MR) is 131 cm³/mol. The van der Waals surface area contributed by atoms with Crippen molar-refractivity contribution >= 4 is 21.4 Å². The molecule has 3 atom stereocenters. The van der Waals surface area contributed by atoms with E-state index in [0.29, 0.717) is 16.5 Å². The van der Waals surface area contributed by atoms with E-state index in [0.717, 1.165) is 28.8 Å². The van der Waals surface area contributed by atoms with Crippen molar-refractivity contribution < 1.29 is 8.42 Å². The van der Waals surface area contributed by atoms with Gasteiger partial charge in [0.2, 0.25) is 0 Å². The van der Waals surface area contributed by atoms with Gasteiger partial charge in [0.05, 0.1) is 16.6 Å². The maximum atomic E-state index is 13.2. The number of rotatable bonds is 4. The molecule has 32 heavy (non-hydrogen) atoms. The van der Waals surface area contributed by atoms with Gasteiger partial charge in [0.1, 0.15) is 0 Å². The second-order valence-electron chi connectivity index (χ2n) is 9.06. The summed E-state index contributed by atoms with van der Waals surface area (Å²) in [4.78, 5) is 0.297. The lowest BCUT2D eigenvalue weighted by atomic mass is 9.77. The largest absolute Gasteiger partial charge is 0.378 e. The zero-order chi connectivity index (χ0) is 22.5. The van der Waals surface area contributed by atoms with Crippen LogP contribution in [0.5, 0.6) is 0 Å². The minimum atomic E-state index is -3.68. The number of sulfonamides is 1. The van der Waals surface area contributed by atoms with Crippen LogP contribution in [0.4, 0.5) is 11.4 Å². The van der Waals surface area contributed by atoms with E-state index in [4.69, 9.17) is 0 Å². The quantitative estimate of drug-likeness (QED) is 0.468. The Bertz CT molecular complexity index is 1310. The first kappa shape index (κ1) is 20.8. The summed E-state index contributed by atoms with van der Waals surface area (Å²) in [5, 5.41) is 3.69. The fourth-order valence-corrected chi connectivity index (χ4v) is 6.14. The predicted octanol–water partition coefficient (Wildman–Crippen LogP) is 6.24. The van der Waals surface area contributed by atoms with Crippen LogP contribution in [0.1, 0.15) is 46.2 Å². The van der Waals surface area contributed by atoms with Gasteiger partial charge in [0, 0.05) is 11.6 Å². The maximum absolute atomic E-state index is 13.2. The van der Waals surface area contributed by atoms with Gasteiger partial charge in [-0.05, 0) is 74.1 Å². The van der Waals surface area contributed by atoms with Crippen LogP contribution in [0.25, 0.3) is 0 Å². The standard InChI is InChI=1S/C27H28N2O2S/c1-17-7-10-20(11-8-17)27-23-6-4-5-22(23)24-16-21(12-14-26(24)28-27)32(30,31)29-25-13-9-18(2)15-19(25)3/h4-5,7-16,22-23,27-29H,6H2,1-3H3/t22-,23+,27-/m0/s1. The van der Waals surface area contributed by atoms with Crippen LogP contribution >= 0.6 is 0 Å². The lowest BCUT2D eigenvalue weighted by Crippen LogP contribution is -2.29. The molecule has 3 aromatic rings. The lowest BCUT2D eigenvalue weighted by Gasteiger charge is -2.37. The number of nitrogens with one attached hydrogen (secondary N) is 2. The number of hydrogen-bond acceptors (Lipinski definition) is 3. The molecule has 1 aliphatic heterocycles. The van der Waals surface area contributed by atoms with Crippen LogP contribution in [-0.2, 0) is 10.0 Å². The van der Waals surface area contributed by atoms with Gasteiger partial charge in [0.15, 0.2) is 0 Å². The normalized spacial score (nSPS) is 21.5. The third kappa shape index (κ3) is 3.71. The maximum Gasteiger partial charge on any atom is 0.261 e. The van der Waals surface area contributed by atoms with E-state index in [-0.39, 0.29) is 12.0 Å². The summed E-state index contributed by atoms with van der Waals surface area (Å²) < 4.78 is 29.1. The average Bonchev–Trinajstić information content (AvgIpc) is 3.26. The van der Waals surface area contributed by atoms with Crippen LogP contribution in [0, 0.1) is 26.7 Å². The summed E-state index contributed by atoms with van der Waals surface area (Å²) in [5.41, 5.74) is 7.21. The van der Waals surface area contributed by atoms with Crippen molar-refractivity contribution in [2.24, 2.45) is 5.92 Å². The molecule has 1 heterocycles. The molecule has 0 bridgehead atoms. The van der Waals surface area contributed by atoms with E-state index in [1.165, 1.54) is 11.1 Å². The molecule has 0 spiro atoms. The Hall–Kier alpha value is -3.05. The average molecular weight is 445 g/mol. The molecule has 0 amide bonds. The van der Waals surface area contributed by atoms with E-state index in [9.17, 15) is 8.42 Å². The van der Waals surface area contributed by atoms with Crippen LogP contribution in [0.2, 0.25) is 0 Å². The smallest absolute Gasteiger partial charge is 0.261 e.